The van der Waals surface area contributed by atoms with Gasteiger partial charge in [0.15, 0.2) is 0 Å². The minimum atomic E-state index is -0.143. The van der Waals surface area contributed by atoms with E-state index in [0.717, 1.165) is 38.5 Å². The largest absolute Gasteiger partial charge is 0.376 e. The molecule has 0 aromatic heterocycles. The van der Waals surface area contributed by atoms with Crippen molar-refractivity contribution in [2.45, 2.75) is 76.9 Å². The highest BCUT2D eigenvalue weighted by Crippen LogP contribution is 2.35. The van der Waals surface area contributed by atoms with E-state index < -0.39 is 0 Å². The molecule has 0 radical (unpaired) electrons. The molecule has 2 saturated carbocycles. The van der Waals surface area contributed by atoms with Gasteiger partial charge in [0.05, 0.1) is 12.7 Å². The molecular formula is C16H30N2O2. The van der Waals surface area contributed by atoms with Crippen LogP contribution < -0.4 is 11.1 Å². The number of nitrogens with two attached hydrogens (primary N) is 1. The van der Waals surface area contributed by atoms with E-state index in [4.69, 9.17) is 10.5 Å². The smallest absolute Gasteiger partial charge is 0.226 e. The highest BCUT2D eigenvalue weighted by molar-refractivity contribution is 5.82. The fraction of sp³-hybridized carbons (Fsp3) is 0.938. The lowest BCUT2D eigenvalue weighted by atomic mass is 9.75. The van der Waals surface area contributed by atoms with Crippen LogP contribution in [0.15, 0.2) is 0 Å². The van der Waals surface area contributed by atoms with Crippen molar-refractivity contribution in [1.82, 2.24) is 5.32 Å². The van der Waals surface area contributed by atoms with Gasteiger partial charge in [0.25, 0.3) is 0 Å². The Kier molecular flexibility index (Phi) is 5.85. The van der Waals surface area contributed by atoms with Gasteiger partial charge in [-0.05, 0) is 38.5 Å². The molecule has 2 aliphatic carbocycles. The Bertz CT molecular complexity index is 306. The Balaban J connectivity index is 1.59. The zero-order valence-electron chi connectivity index (χ0n) is 12.8. The Morgan fingerprint density at radius 1 is 1.20 bits per heavy atom. The van der Waals surface area contributed by atoms with Gasteiger partial charge >= 0.3 is 0 Å². The van der Waals surface area contributed by atoms with Crippen molar-refractivity contribution in [2.75, 3.05) is 13.2 Å². The predicted molar refractivity (Wildman–Crippen MR) is 80.4 cm³/mol. The number of nitrogens with one attached hydrogen (secondary N) is 1. The summed E-state index contributed by atoms with van der Waals surface area (Å²) in [6.45, 7) is 3.36. The summed E-state index contributed by atoms with van der Waals surface area (Å²) in [5.74, 6) is 0.214. The molecule has 20 heavy (non-hydrogen) atoms. The first-order valence-corrected chi connectivity index (χ1v) is 8.26. The molecule has 0 atom stereocenters. The molecule has 0 bridgehead atoms. The van der Waals surface area contributed by atoms with Gasteiger partial charge in [-0.2, -0.15) is 0 Å². The van der Waals surface area contributed by atoms with Crippen molar-refractivity contribution < 1.29 is 9.53 Å². The molecule has 2 fully saturated rings. The minimum Gasteiger partial charge on any atom is -0.376 e. The second-order valence-corrected chi connectivity index (χ2v) is 6.78. The van der Waals surface area contributed by atoms with Crippen LogP contribution in [0.1, 0.15) is 64.7 Å². The van der Waals surface area contributed by atoms with Gasteiger partial charge in [-0.15, -0.1) is 0 Å². The van der Waals surface area contributed by atoms with Crippen molar-refractivity contribution in [2.24, 2.45) is 11.1 Å². The molecular weight excluding hydrogens is 252 g/mol. The third-order valence-corrected chi connectivity index (χ3v) is 4.97. The van der Waals surface area contributed by atoms with Crippen LogP contribution in [0.25, 0.3) is 0 Å². The van der Waals surface area contributed by atoms with Crippen LogP contribution in [0.5, 0.6) is 0 Å². The van der Waals surface area contributed by atoms with Crippen LogP contribution in [0.3, 0.4) is 0 Å². The molecule has 116 valence electrons. The number of amides is 1. The van der Waals surface area contributed by atoms with E-state index in [1.165, 1.54) is 19.3 Å². The number of carbonyl (C=O) groups is 1. The van der Waals surface area contributed by atoms with Gasteiger partial charge in [0.2, 0.25) is 5.91 Å². The Hall–Kier alpha value is -0.610. The summed E-state index contributed by atoms with van der Waals surface area (Å²) < 4.78 is 5.83. The molecule has 4 nitrogen and oxygen atoms in total. The molecule has 2 aliphatic rings. The normalized spacial score (nSPS) is 29.9. The maximum absolute atomic E-state index is 12.2. The molecule has 0 saturated heterocycles. The first-order chi connectivity index (χ1) is 9.60. The van der Waals surface area contributed by atoms with Crippen LogP contribution in [0.4, 0.5) is 0 Å². The third-order valence-electron chi connectivity index (χ3n) is 4.97. The molecule has 0 aromatic carbocycles. The van der Waals surface area contributed by atoms with Crippen LogP contribution >= 0.6 is 0 Å². The van der Waals surface area contributed by atoms with E-state index >= 15 is 0 Å². The Labute approximate surface area is 122 Å². The molecule has 1 amide bonds. The summed E-state index contributed by atoms with van der Waals surface area (Å²) in [5, 5.41) is 3.05. The molecule has 2 rings (SSSR count). The zero-order valence-corrected chi connectivity index (χ0v) is 12.8. The predicted octanol–water partition coefficient (Wildman–Crippen LogP) is 2.36. The second kappa shape index (κ2) is 7.41. The van der Waals surface area contributed by atoms with Crippen molar-refractivity contribution in [3.05, 3.63) is 0 Å². The Morgan fingerprint density at radius 3 is 2.50 bits per heavy atom. The molecule has 0 aliphatic heterocycles. The topological polar surface area (TPSA) is 64.3 Å². The quantitative estimate of drug-likeness (QED) is 0.761. The summed E-state index contributed by atoms with van der Waals surface area (Å²) in [5.41, 5.74) is 5.73. The van der Waals surface area contributed by atoms with Gasteiger partial charge in [0.1, 0.15) is 0 Å². The van der Waals surface area contributed by atoms with Crippen molar-refractivity contribution in [3.63, 3.8) is 0 Å². The SMILES string of the molecule is CC1(C(=O)NCCOC2CCC(N)CC2)CCCCC1. The van der Waals surface area contributed by atoms with E-state index in [-0.39, 0.29) is 11.3 Å². The average molecular weight is 282 g/mol. The summed E-state index contributed by atoms with van der Waals surface area (Å²) in [4.78, 5) is 12.2. The van der Waals surface area contributed by atoms with E-state index in [1.807, 2.05) is 0 Å². The molecule has 0 aromatic rings. The lowest BCUT2D eigenvalue weighted by Crippen LogP contribution is -2.42. The highest BCUT2D eigenvalue weighted by Gasteiger charge is 2.34. The first kappa shape index (κ1) is 15.8. The summed E-state index contributed by atoms with van der Waals surface area (Å²) in [7, 11) is 0. The number of carbonyl (C=O) groups excluding carboxylic acids is 1. The van der Waals surface area contributed by atoms with E-state index in [1.54, 1.807) is 0 Å². The lowest BCUT2D eigenvalue weighted by molar-refractivity contribution is -0.132. The van der Waals surface area contributed by atoms with Crippen molar-refractivity contribution >= 4 is 5.91 Å². The van der Waals surface area contributed by atoms with E-state index in [9.17, 15) is 4.79 Å². The third kappa shape index (κ3) is 4.45. The van der Waals surface area contributed by atoms with Gasteiger partial charge in [-0.1, -0.05) is 26.2 Å². The first-order valence-electron chi connectivity index (χ1n) is 8.26. The fourth-order valence-electron chi connectivity index (χ4n) is 3.42. The standard InChI is InChI=1S/C16H30N2O2/c1-16(9-3-2-4-10-16)15(19)18-11-12-20-14-7-5-13(17)6-8-14/h13-14H,2-12,17H2,1H3,(H,18,19). The molecule has 3 N–H and O–H groups in total. The summed E-state index contributed by atoms with van der Waals surface area (Å²) >= 11 is 0. The average Bonchev–Trinajstić information content (AvgIpc) is 2.46. The summed E-state index contributed by atoms with van der Waals surface area (Å²) in [6.07, 6.45) is 10.3. The number of hydrogen-bond acceptors (Lipinski definition) is 3. The second-order valence-electron chi connectivity index (χ2n) is 6.78. The molecule has 0 unspecified atom stereocenters. The van der Waals surface area contributed by atoms with E-state index in [0.29, 0.717) is 25.3 Å². The number of hydrogen-bond donors (Lipinski definition) is 2. The van der Waals surface area contributed by atoms with Gasteiger partial charge < -0.3 is 15.8 Å². The lowest BCUT2D eigenvalue weighted by Gasteiger charge is -2.32. The number of ether oxygens (including phenoxy) is 1. The van der Waals surface area contributed by atoms with Crippen LogP contribution in [0.2, 0.25) is 0 Å². The maximum atomic E-state index is 12.2. The van der Waals surface area contributed by atoms with Crippen molar-refractivity contribution in [1.29, 1.82) is 0 Å². The Morgan fingerprint density at radius 2 is 1.85 bits per heavy atom. The van der Waals surface area contributed by atoms with Gasteiger partial charge in [0, 0.05) is 18.0 Å². The monoisotopic (exact) mass is 282 g/mol. The minimum absolute atomic E-state index is 0.143. The number of rotatable bonds is 5. The maximum Gasteiger partial charge on any atom is 0.226 e. The molecule has 0 heterocycles. The van der Waals surface area contributed by atoms with Gasteiger partial charge in [-0.25, -0.2) is 0 Å². The van der Waals surface area contributed by atoms with Crippen LogP contribution in [0, 0.1) is 5.41 Å². The molecule has 0 spiro atoms. The highest BCUT2D eigenvalue weighted by atomic mass is 16.5. The fourth-order valence-corrected chi connectivity index (χ4v) is 3.42. The zero-order chi connectivity index (χ0) is 14.4. The summed E-state index contributed by atoms with van der Waals surface area (Å²) in [6, 6.07) is 0.362. The van der Waals surface area contributed by atoms with Gasteiger partial charge in [-0.3, -0.25) is 4.79 Å². The van der Waals surface area contributed by atoms with Crippen LogP contribution in [-0.4, -0.2) is 31.2 Å². The van der Waals surface area contributed by atoms with Crippen LogP contribution in [-0.2, 0) is 9.53 Å². The van der Waals surface area contributed by atoms with E-state index in [2.05, 4.69) is 12.2 Å². The molecule has 4 heteroatoms. The van der Waals surface area contributed by atoms with Crippen molar-refractivity contribution in [3.8, 4) is 0 Å².